The van der Waals surface area contributed by atoms with Gasteiger partial charge in [0.25, 0.3) is 0 Å². The number of hydrogen-bond acceptors (Lipinski definition) is 4. The number of fused-ring (bicyclic) bond motifs is 1. The number of aliphatic imine (C=N–C) groups is 1. The highest BCUT2D eigenvalue weighted by Crippen LogP contribution is 2.12. The number of rotatable bonds is 9. The van der Waals surface area contributed by atoms with Crippen molar-refractivity contribution in [2.75, 3.05) is 19.7 Å². The molecule has 2 rings (SSSR count). The molecular weight excluding hydrogens is 449 g/mol. The van der Waals surface area contributed by atoms with Gasteiger partial charge >= 0.3 is 0 Å². The van der Waals surface area contributed by atoms with Crippen molar-refractivity contribution >= 4 is 46.2 Å². The Kier molecular flexibility index (Phi) is 10.4. The Balaban J connectivity index is 0.00000312. The van der Waals surface area contributed by atoms with Crippen molar-refractivity contribution in [3.63, 3.8) is 0 Å². The monoisotopic (exact) mass is 479 g/mol. The Morgan fingerprint density at radius 1 is 1.36 bits per heavy atom. The van der Waals surface area contributed by atoms with E-state index in [1.54, 1.807) is 11.3 Å². The molecule has 0 aromatic carbocycles. The van der Waals surface area contributed by atoms with Gasteiger partial charge in [0, 0.05) is 37.5 Å². The van der Waals surface area contributed by atoms with Crippen LogP contribution in [0.25, 0.3) is 4.96 Å². The van der Waals surface area contributed by atoms with Crippen molar-refractivity contribution in [3.8, 4) is 0 Å². The van der Waals surface area contributed by atoms with Gasteiger partial charge in [-0.05, 0) is 26.2 Å². The Morgan fingerprint density at radius 2 is 2.16 bits per heavy atom. The molecule has 6 nitrogen and oxygen atoms in total. The van der Waals surface area contributed by atoms with Crippen LogP contribution in [-0.2, 0) is 11.3 Å². The molecule has 1 atom stereocenters. The maximum Gasteiger partial charge on any atom is 0.193 e. The van der Waals surface area contributed by atoms with Crippen molar-refractivity contribution in [2.24, 2.45) is 10.9 Å². The standard InChI is InChI=1S/C17H29N5OS.HI/c1-5-18-16(19-8-7-15(13(3)4)23-6-2)20-11-14-12-22-9-10-24-17(22)21-14;/h9-10,12-13,15H,5-8,11H2,1-4H3,(H2,18,19,20);1H. The minimum Gasteiger partial charge on any atom is -0.378 e. The van der Waals surface area contributed by atoms with E-state index in [1.807, 2.05) is 29.1 Å². The highest BCUT2D eigenvalue weighted by atomic mass is 127. The molecule has 2 N–H and O–H groups in total. The molecule has 142 valence electrons. The Hall–Kier alpha value is -0.870. The lowest BCUT2D eigenvalue weighted by atomic mass is 10.0. The Bertz CT molecular complexity index is 611. The lowest BCUT2D eigenvalue weighted by molar-refractivity contribution is 0.0258. The number of ether oxygens (including phenoxy) is 1. The van der Waals surface area contributed by atoms with E-state index in [1.165, 1.54) is 0 Å². The molecule has 0 saturated carbocycles. The first-order valence-electron chi connectivity index (χ1n) is 8.68. The summed E-state index contributed by atoms with van der Waals surface area (Å²) in [6.45, 7) is 11.5. The summed E-state index contributed by atoms with van der Waals surface area (Å²) in [5.41, 5.74) is 0.980. The molecule has 0 amide bonds. The van der Waals surface area contributed by atoms with Crippen molar-refractivity contribution < 1.29 is 4.74 Å². The molecule has 0 bridgehead atoms. The molecule has 2 heterocycles. The van der Waals surface area contributed by atoms with Crippen LogP contribution in [0.3, 0.4) is 0 Å². The van der Waals surface area contributed by atoms with Crippen molar-refractivity contribution in [1.29, 1.82) is 0 Å². The second-order valence-electron chi connectivity index (χ2n) is 5.97. The van der Waals surface area contributed by atoms with E-state index in [4.69, 9.17) is 4.74 Å². The van der Waals surface area contributed by atoms with Crippen LogP contribution in [-0.4, -0.2) is 41.1 Å². The Labute approximate surface area is 171 Å². The molecule has 2 aromatic heterocycles. The molecule has 1 unspecified atom stereocenters. The van der Waals surface area contributed by atoms with E-state index < -0.39 is 0 Å². The smallest absolute Gasteiger partial charge is 0.193 e. The third-order valence-electron chi connectivity index (χ3n) is 3.73. The van der Waals surface area contributed by atoms with Gasteiger partial charge in [-0.15, -0.1) is 35.3 Å². The maximum absolute atomic E-state index is 5.79. The molecule has 0 aliphatic carbocycles. The quantitative estimate of drug-likeness (QED) is 0.328. The van der Waals surface area contributed by atoms with Crippen LogP contribution in [0, 0.1) is 5.92 Å². The molecule has 0 radical (unpaired) electrons. The maximum atomic E-state index is 5.79. The van der Waals surface area contributed by atoms with Crippen LogP contribution in [0.1, 0.15) is 39.8 Å². The summed E-state index contributed by atoms with van der Waals surface area (Å²) in [6.07, 6.45) is 5.30. The third kappa shape index (κ3) is 7.10. The SMILES string of the molecule is CCNC(=NCc1cn2ccsc2n1)NCCC(OCC)C(C)C.I. The van der Waals surface area contributed by atoms with Gasteiger partial charge in [0.1, 0.15) is 0 Å². The van der Waals surface area contributed by atoms with Gasteiger partial charge in [0.15, 0.2) is 10.9 Å². The topological polar surface area (TPSA) is 63.0 Å². The van der Waals surface area contributed by atoms with Crippen molar-refractivity contribution in [3.05, 3.63) is 23.5 Å². The number of hydrogen-bond donors (Lipinski definition) is 2. The number of thiazole rings is 1. The van der Waals surface area contributed by atoms with Crippen LogP contribution in [0.5, 0.6) is 0 Å². The van der Waals surface area contributed by atoms with Gasteiger partial charge in [0.2, 0.25) is 0 Å². The first kappa shape index (κ1) is 22.2. The van der Waals surface area contributed by atoms with Crippen LogP contribution >= 0.6 is 35.3 Å². The normalized spacial score (nSPS) is 13.1. The van der Waals surface area contributed by atoms with Gasteiger partial charge in [-0.25, -0.2) is 9.98 Å². The van der Waals surface area contributed by atoms with Crippen LogP contribution < -0.4 is 10.6 Å². The number of imidazole rings is 1. The van der Waals surface area contributed by atoms with Gasteiger partial charge in [0.05, 0.1) is 18.3 Å². The van der Waals surface area contributed by atoms with Gasteiger partial charge < -0.3 is 15.4 Å². The largest absolute Gasteiger partial charge is 0.378 e. The predicted octanol–water partition coefficient (Wildman–Crippen LogP) is 3.52. The second-order valence-corrected chi connectivity index (χ2v) is 6.85. The van der Waals surface area contributed by atoms with E-state index in [0.29, 0.717) is 12.5 Å². The fraction of sp³-hybridized carbons (Fsp3) is 0.647. The molecule has 0 fully saturated rings. The number of guanidine groups is 1. The van der Waals surface area contributed by atoms with Crippen molar-refractivity contribution in [1.82, 2.24) is 20.0 Å². The van der Waals surface area contributed by atoms with E-state index in [-0.39, 0.29) is 30.1 Å². The molecule has 0 spiro atoms. The van der Waals surface area contributed by atoms with E-state index in [9.17, 15) is 0 Å². The molecule has 0 aliphatic rings. The first-order valence-corrected chi connectivity index (χ1v) is 9.56. The van der Waals surface area contributed by atoms with Gasteiger partial charge in [-0.2, -0.15) is 0 Å². The summed E-state index contributed by atoms with van der Waals surface area (Å²) in [6, 6.07) is 0. The summed E-state index contributed by atoms with van der Waals surface area (Å²) < 4.78 is 7.82. The first-order chi connectivity index (χ1) is 11.6. The minimum atomic E-state index is 0. The average Bonchev–Trinajstić information content (AvgIpc) is 3.12. The van der Waals surface area contributed by atoms with Gasteiger partial charge in [-0.1, -0.05) is 13.8 Å². The highest BCUT2D eigenvalue weighted by Gasteiger charge is 2.13. The molecule has 2 aromatic rings. The average molecular weight is 479 g/mol. The molecular formula is C17H30IN5OS. The lowest BCUT2D eigenvalue weighted by Crippen LogP contribution is -2.39. The van der Waals surface area contributed by atoms with Crippen LogP contribution in [0.2, 0.25) is 0 Å². The summed E-state index contributed by atoms with van der Waals surface area (Å²) in [4.78, 5) is 10.2. The summed E-state index contributed by atoms with van der Waals surface area (Å²) in [5, 5.41) is 8.70. The zero-order valence-electron chi connectivity index (χ0n) is 15.5. The van der Waals surface area contributed by atoms with E-state index >= 15 is 0 Å². The van der Waals surface area contributed by atoms with Gasteiger partial charge in [-0.3, -0.25) is 4.40 Å². The lowest BCUT2D eigenvalue weighted by Gasteiger charge is -2.21. The third-order valence-corrected chi connectivity index (χ3v) is 4.50. The molecule has 8 heteroatoms. The Morgan fingerprint density at radius 3 is 2.80 bits per heavy atom. The number of halogens is 1. The number of aromatic nitrogens is 2. The second kappa shape index (κ2) is 11.7. The van der Waals surface area contributed by atoms with Crippen LogP contribution in [0.15, 0.2) is 22.8 Å². The summed E-state index contributed by atoms with van der Waals surface area (Å²) >= 11 is 1.64. The van der Waals surface area contributed by atoms with Crippen LogP contribution in [0.4, 0.5) is 0 Å². The molecule has 0 saturated heterocycles. The predicted molar refractivity (Wildman–Crippen MR) is 116 cm³/mol. The molecule has 0 aliphatic heterocycles. The zero-order valence-corrected chi connectivity index (χ0v) is 18.6. The van der Waals surface area contributed by atoms with E-state index in [2.05, 4.69) is 41.4 Å². The molecule has 25 heavy (non-hydrogen) atoms. The highest BCUT2D eigenvalue weighted by molar-refractivity contribution is 14.0. The number of nitrogens with one attached hydrogen (secondary N) is 2. The number of nitrogens with zero attached hydrogens (tertiary/aromatic N) is 3. The summed E-state index contributed by atoms with van der Waals surface area (Å²) in [7, 11) is 0. The zero-order chi connectivity index (χ0) is 17.4. The van der Waals surface area contributed by atoms with E-state index in [0.717, 1.165) is 42.7 Å². The fourth-order valence-electron chi connectivity index (χ4n) is 2.51. The fourth-order valence-corrected chi connectivity index (χ4v) is 3.23. The summed E-state index contributed by atoms with van der Waals surface area (Å²) in [5.74, 6) is 1.35. The van der Waals surface area contributed by atoms with Crippen molar-refractivity contribution in [2.45, 2.75) is 46.8 Å². The minimum absolute atomic E-state index is 0.